The standard InChI is InChI=1S/C20H20BrFN2O3/c1-23-18(25)16-12-15(6-7-17(16)22)24-19(26)20(8-10-27-11-9-20)13-2-4-14(21)5-3-13/h2-7,12H,8-11H2,1H3,(H,23,25)(H,24,26). The van der Waals surface area contributed by atoms with E-state index in [0.717, 1.165) is 10.0 Å². The molecule has 0 unspecified atom stereocenters. The van der Waals surface area contributed by atoms with E-state index >= 15 is 0 Å². The number of anilines is 1. The second-order valence-corrected chi connectivity index (χ2v) is 7.34. The largest absolute Gasteiger partial charge is 0.381 e. The molecule has 1 fully saturated rings. The number of carbonyl (C=O) groups excluding carboxylic acids is 2. The van der Waals surface area contributed by atoms with Crippen LogP contribution < -0.4 is 10.6 Å². The van der Waals surface area contributed by atoms with E-state index in [2.05, 4.69) is 26.6 Å². The third-order valence-electron chi connectivity index (χ3n) is 4.87. The second-order valence-electron chi connectivity index (χ2n) is 6.43. The highest BCUT2D eigenvalue weighted by molar-refractivity contribution is 9.10. The zero-order valence-corrected chi connectivity index (χ0v) is 16.4. The number of halogens is 2. The minimum absolute atomic E-state index is 0.111. The van der Waals surface area contributed by atoms with Crippen LogP contribution in [0.4, 0.5) is 10.1 Å². The molecule has 2 aromatic rings. The summed E-state index contributed by atoms with van der Waals surface area (Å²) in [4.78, 5) is 25.0. The van der Waals surface area contributed by atoms with Gasteiger partial charge in [0, 0.05) is 30.4 Å². The Bertz CT molecular complexity index is 849. The van der Waals surface area contributed by atoms with Crippen molar-refractivity contribution in [2.24, 2.45) is 0 Å². The van der Waals surface area contributed by atoms with Gasteiger partial charge in [0.2, 0.25) is 5.91 Å². The quantitative estimate of drug-likeness (QED) is 0.771. The summed E-state index contributed by atoms with van der Waals surface area (Å²) in [6.07, 6.45) is 1.09. The van der Waals surface area contributed by atoms with Gasteiger partial charge in [-0.2, -0.15) is 0 Å². The molecule has 3 rings (SSSR count). The van der Waals surface area contributed by atoms with Crippen molar-refractivity contribution in [3.8, 4) is 0 Å². The molecule has 1 aliphatic rings. The van der Waals surface area contributed by atoms with Gasteiger partial charge in [-0.25, -0.2) is 4.39 Å². The molecule has 1 aliphatic heterocycles. The van der Waals surface area contributed by atoms with Crippen molar-refractivity contribution in [2.75, 3.05) is 25.6 Å². The predicted molar refractivity (Wildman–Crippen MR) is 104 cm³/mol. The second kappa shape index (κ2) is 8.19. The fourth-order valence-electron chi connectivity index (χ4n) is 3.30. The predicted octanol–water partition coefficient (Wildman–Crippen LogP) is 3.63. The molecule has 2 aromatic carbocycles. The first-order valence-corrected chi connectivity index (χ1v) is 9.42. The molecule has 0 atom stereocenters. The minimum atomic E-state index is -0.736. The maximum absolute atomic E-state index is 13.9. The third-order valence-corrected chi connectivity index (χ3v) is 5.40. The Morgan fingerprint density at radius 2 is 1.78 bits per heavy atom. The van der Waals surface area contributed by atoms with Crippen LogP contribution in [0.1, 0.15) is 28.8 Å². The van der Waals surface area contributed by atoms with Crippen molar-refractivity contribution in [3.63, 3.8) is 0 Å². The van der Waals surface area contributed by atoms with E-state index in [1.165, 1.54) is 25.2 Å². The molecule has 0 aromatic heterocycles. The van der Waals surface area contributed by atoms with Gasteiger partial charge in [-0.1, -0.05) is 28.1 Å². The Morgan fingerprint density at radius 3 is 2.41 bits per heavy atom. The summed E-state index contributed by atoms with van der Waals surface area (Å²) < 4.78 is 20.3. The van der Waals surface area contributed by atoms with Crippen LogP contribution in [0.15, 0.2) is 46.9 Å². The maximum Gasteiger partial charge on any atom is 0.254 e. The van der Waals surface area contributed by atoms with Gasteiger partial charge in [-0.3, -0.25) is 9.59 Å². The molecule has 0 radical (unpaired) electrons. The summed E-state index contributed by atoms with van der Waals surface area (Å²) in [5, 5.41) is 5.25. The molecule has 1 heterocycles. The molecule has 0 bridgehead atoms. The van der Waals surface area contributed by atoms with E-state index < -0.39 is 17.1 Å². The number of benzene rings is 2. The molecule has 0 aliphatic carbocycles. The summed E-state index contributed by atoms with van der Waals surface area (Å²) in [5.41, 5.74) is 0.434. The first-order valence-electron chi connectivity index (χ1n) is 8.63. The van der Waals surface area contributed by atoms with Crippen molar-refractivity contribution in [3.05, 3.63) is 63.9 Å². The van der Waals surface area contributed by atoms with Crippen molar-refractivity contribution < 1.29 is 18.7 Å². The fourth-order valence-corrected chi connectivity index (χ4v) is 3.56. The molecule has 2 amide bonds. The van der Waals surface area contributed by atoms with Gasteiger partial charge in [0.15, 0.2) is 0 Å². The van der Waals surface area contributed by atoms with Gasteiger partial charge in [0.05, 0.1) is 11.0 Å². The fraction of sp³-hybridized carbons (Fsp3) is 0.300. The first-order chi connectivity index (χ1) is 13.0. The third kappa shape index (κ3) is 4.04. The van der Waals surface area contributed by atoms with Crippen LogP contribution in [0.3, 0.4) is 0 Å². The minimum Gasteiger partial charge on any atom is -0.381 e. The van der Waals surface area contributed by atoms with Crippen LogP contribution in [0, 0.1) is 5.82 Å². The van der Waals surface area contributed by atoms with Crippen molar-refractivity contribution in [1.82, 2.24) is 5.32 Å². The van der Waals surface area contributed by atoms with Crippen molar-refractivity contribution in [1.29, 1.82) is 0 Å². The number of ether oxygens (including phenoxy) is 1. The van der Waals surface area contributed by atoms with E-state index in [4.69, 9.17) is 4.74 Å². The number of hydrogen-bond donors (Lipinski definition) is 2. The molecule has 1 saturated heterocycles. The maximum atomic E-state index is 13.9. The highest BCUT2D eigenvalue weighted by atomic mass is 79.9. The lowest BCUT2D eigenvalue weighted by atomic mass is 9.73. The molecule has 5 nitrogen and oxygen atoms in total. The Morgan fingerprint density at radius 1 is 1.11 bits per heavy atom. The Hall–Kier alpha value is -2.25. The molecule has 27 heavy (non-hydrogen) atoms. The normalized spacial score (nSPS) is 15.8. The number of nitrogens with one attached hydrogen (secondary N) is 2. The summed E-state index contributed by atoms with van der Waals surface area (Å²) >= 11 is 3.41. The van der Waals surface area contributed by atoms with E-state index in [1.54, 1.807) is 0 Å². The van der Waals surface area contributed by atoms with Crippen LogP contribution in [0.5, 0.6) is 0 Å². The topological polar surface area (TPSA) is 67.4 Å². The van der Waals surface area contributed by atoms with Gasteiger partial charge in [-0.05, 0) is 48.7 Å². The highest BCUT2D eigenvalue weighted by Crippen LogP contribution is 2.37. The van der Waals surface area contributed by atoms with Crippen LogP contribution in [-0.2, 0) is 14.9 Å². The monoisotopic (exact) mass is 434 g/mol. The number of amides is 2. The van der Waals surface area contributed by atoms with E-state index in [1.807, 2.05) is 24.3 Å². The van der Waals surface area contributed by atoms with Crippen LogP contribution >= 0.6 is 15.9 Å². The molecular formula is C20H20BrFN2O3. The van der Waals surface area contributed by atoms with E-state index in [0.29, 0.717) is 31.7 Å². The molecule has 2 N–H and O–H groups in total. The van der Waals surface area contributed by atoms with E-state index in [9.17, 15) is 14.0 Å². The van der Waals surface area contributed by atoms with E-state index in [-0.39, 0.29) is 11.5 Å². The molecule has 142 valence electrons. The Labute approximate surface area is 165 Å². The zero-order valence-electron chi connectivity index (χ0n) is 14.9. The van der Waals surface area contributed by atoms with Gasteiger partial charge in [0.1, 0.15) is 5.82 Å². The van der Waals surface area contributed by atoms with Gasteiger partial charge < -0.3 is 15.4 Å². The van der Waals surface area contributed by atoms with Crippen LogP contribution in [0.2, 0.25) is 0 Å². The lowest BCUT2D eigenvalue weighted by Crippen LogP contribution is -2.44. The summed E-state index contributed by atoms with van der Waals surface area (Å²) in [6.45, 7) is 0.965. The smallest absolute Gasteiger partial charge is 0.254 e. The van der Waals surface area contributed by atoms with Gasteiger partial charge in [0.25, 0.3) is 5.91 Å². The summed E-state index contributed by atoms with van der Waals surface area (Å²) in [5.74, 6) is -1.37. The number of rotatable bonds is 4. The number of carbonyl (C=O) groups is 2. The average molecular weight is 435 g/mol. The Kier molecular flexibility index (Phi) is 5.92. The van der Waals surface area contributed by atoms with Crippen molar-refractivity contribution >= 4 is 33.4 Å². The van der Waals surface area contributed by atoms with Gasteiger partial charge >= 0.3 is 0 Å². The Balaban J connectivity index is 1.92. The SMILES string of the molecule is CNC(=O)c1cc(NC(=O)C2(c3ccc(Br)cc3)CCOCC2)ccc1F. The molecular weight excluding hydrogens is 415 g/mol. The van der Waals surface area contributed by atoms with Crippen LogP contribution in [0.25, 0.3) is 0 Å². The van der Waals surface area contributed by atoms with Crippen molar-refractivity contribution in [2.45, 2.75) is 18.3 Å². The van der Waals surface area contributed by atoms with Gasteiger partial charge in [-0.15, -0.1) is 0 Å². The summed E-state index contributed by atoms with van der Waals surface area (Å²) in [6, 6.07) is 11.6. The number of hydrogen-bond acceptors (Lipinski definition) is 3. The molecule has 0 saturated carbocycles. The van der Waals surface area contributed by atoms with Crippen LogP contribution in [-0.4, -0.2) is 32.1 Å². The first kappa shape index (κ1) is 19.5. The molecule has 7 heteroatoms. The molecule has 0 spiro atoms. The lowest BCUT2D eigenvalue weighted by Gasteiger charge is -2.36. The summed E-state index contributed by atoms with van der Waals surface area (Å²) in [7, 11) is 1.43. The highest BCUT2D eigenvalue weighted by Gasteiger charge is 2.41. The zero-order chi connectivity index (χ0) is 19.4. The average Bonchev–Trinajstić information content (AvgIpc) is 2.69. The lowest BCUT2D eigenvalue weighted by molar-refractivity contribution is -0.125.